The van der Waals surface area contributed by atoms with E-state index in [2.05, 4.69) is 39.6 Å². The lowest BCUT2D eigenvalue weighted by molar-refractivity contribution is 0.0953. The first-order chi connectivity index (χ1) is 15.4. The predicted octanol–water partition coefficient (Wildman–Crippen LogP) is 3.01. The number of hydrogen-bond donors (Lipinski definition) is 2. The van der Waals surface area contributed by atoms with E-state index in [-0.39, 0.29) is 28.7 Å². The number of fused-ring (bicyclic) bond motifs is 1. The molecular weight excluding hydrogens is 444 g/mol. The fourth-order valence-corrected chi connectivity index (χ4v) is 7.60. The van der Waals surface area contributed by atoms with E-state index in [0.717, 1.165) is 30.4 Å². The molecule has 0 radical (unpaired) electrons. The molecule has 7 nitrogen and oxygen atoms in total. The second-order valence-corrected chi connectivity index (χ2v) is 11.3. The molecule has 2 aromatic carbocycles. The molecule has 0 aliphatic carbocycles. The van der Waals surface area contributed by atoms with Crippen LogP contribution in [0.2, 0.25) is 0 Å². The molecule has 0 aromatic heterocycles. The Labute approximate surface area is 193 Å². The average Bonchev–Trinajstić information content (AvgIpc) is 3.27. The van der Waals surface area contributed by atoms with Crippen molar-refractivity contribution in [2.75, 3.05) is 41.4 Å². The third-order valence-electron chi connectivity index (χ3n) is 5.61. The van der Waals surface area contributed by atoms with Crippen LogP contribution in [-0.4, -0.2) is 61.9 Å². The second kappa shape index (κ2) is 9.95. The van der Waals surface area contributed by atoms with Crippen LogP contribution in [0.3, 0.4) is 0 Å². The van der Waals surface area contributed by atoms with Gasteiger partial charge in [0.2, 0.25) is 0 Å². The van der Waals surface area contributed by atoms with Gasteiger partial charge in [-0.3, -0.25) is 9.79 Å². The summed E-state index contributed by atoms with van der Waals surface area (Å²) < 4.78 is 23.4. The summed E-state index contributed by atoms with van der Waals surface area (Å²) in [5.74, 6) is 0.236. The molecule has 9 heteroatoms. The Morgan fingerprint density at radius 1 is 1.12 bits per heavy atom. The number of carbonyl (C=O) groups is 1. The zero-order chi connectivity index (χ0) is 22.6. The normalized spacial score (nSPS) is 21.0. The fraction of sp³-hybridized carbons (Fsp3) is 0.391. The number of amides is 1. The first kappa shape index (κ1) is 22.7. The van der Waals surface area contributed by atoms with Crippen LogP contribution in [-0.2, 0) is 9.84 Å². The molecule has 2 heterocycles. The van der Waals surface area contributed by atoms with Crippen LogP contribution < -0.4 is 15.5 Å². The maximum Gasteiger partial charge on any atom is 0.251 e. The van der Waals surface area contributed by atoms with Crippen molar-refractivity contribution in [1.82, 2.24) is 5.32 Å². The lowest BCUT2D eigenvalue weighted by Gasteiger charge is -2.23. The van der Waals surface area contributed by atoms with Gasteiger partial charge in [0.05, 0.1) is 17.5 Å². The van der Waals surface area contributed by atoms with Gasteiger partial charge in [-0.1, -0.05) is 30.0 Å². The number of sulfone groups is 1. The van der Waals surface area contributed by atoms with Gasteiger partial charge in [-0.15, -0.1) is 0 Å². The van der Waals surface area contributed by atoms with Crippen LogP contribution in [0.4, 0.5) is 11.4 Å². The van der Waals surface area contributed by atoms with E-state index >= 15 is 0 Å². The Hall–Kier alpha value is -2.52. The van der Waals surface area contributed by atoms with Crippen LogP contribution in [0.1, 0.15) is 23.7 Å². The first-order valence-corrected chi connectivity index (χ1v) is 13.5. The van der Waals surface area contributed by atoms with E-state index in [1.165, 1.54) is 17.4 Å². The maximum absolute atomic E-state index is 12.4. The fourth-order valence-electron chi connectivity index (χ4n) is 3.93. The largest absolute Gasteiger partial charge is 0.372 e. The molecule has 2 N–H and O–H groups in total. The Balaban J connectivity index is 1.22. The van der Waals surface area contributed by atoms with Gasteiger partial charge in [0.25, 0.3) is 5.91 Å². The number of rotatable bonds is 8. The minimum atomic E-state index is -2.95. The van der Waals surface area contributed by atoms with Gasteiger partial charge in [-0.2, -0.15) is 0 Å². The molecule has 2 aromatic rings. The van der Waals surface area contributed by atoms with Crippen molar-refractivity contribution in [3.05, 3.63) is 60.2 Å². The number of amidine groups is 1. The second-order valence-electron chi connectivity index (χ2n) is 7.96. The first-order valence-electron chi connectivity index (χ1n) is 10.8. The number of nitrogens with one attached hydrogen (secondary N) is 2. The topological polar surface area (TPSA) is 90.9 Å². The van der Waals surface area contributed by atoms with Crippen molar-refractivity contribution >= 4 is 44.0 Å². The molecule has 0 unspecified atom stereocenters. The van der Waals surface area contributed by atoms with Crippen molar-refractivity contribution in [1.29, 1.82) is 0 Å². The van der Waals surface area contributed by atoms with Gasteiger partial charge in [0, 0.05) is 41.8 Å². The number of hydrogen-bond acceptors (Lipinski definition) is 7. The molecule has 0 saturated carbocycles. The SMILES string of the molecule is CCN(CCCNC(=O)c1ccc(NC2=N[C@H]3CS(=O)(=O)C[C@@H]3S2)cc1)c1ccccc1. The zero-order valence-corrected chi connectivity index (χ0v) is 19.7. The van der Waals surface area contributed by atoms with Gasteiger partial charge in [-0.25, -0.2) is 8.42 Å². The third-order valence-corrected chi connectivity index (χ3v) is 8.75. The summed E-state index contributed by atoms with van der Waals surface area (Å²) in [5.41, 5.74) is 2.63. The van der Waals surface area contributed by atoms with E-state index in [9.17, 15) is 13.2 Å². The van der Waals surface area contributed by atoms with Crippen LogP contribution >= 0.6 is 11.8 Å². The van der Waals surface area contributed by atoms with Gasteiger partial charge >= 0.3 is 0 Å². The molecule has 0 bridgehead atoms. The molecule has 0 spiro atoms. The zero-order valence-electron chi connectivity index (χ0n) is 18.0. The third kappa shape index (κ3) is 5.63. The highest BCUT2D eigenvalue weighted by Gasteiger charge is 2.42. The van der Waals surface area contributed by atoms with Crippen LogP contribution in [0.15, 0.2) is 59.6 Å². The van der Waals surface area contributed by atoms with Crippen molar-refractivity contribution in [3.63, 3.8) is 0 Å². The predicted molar refractivity (Wildman–Crippen MR) is 133 cm³/mol. The molecule has 2 atom stereocenters. The minimum absolute atomic E-state index is 0.0121. The molecule has 32 heavy (non-hydrogen) atoms. The molecule has 1 fully saturated rings. The van der Waals surface area contributed by atoms with E-state index < -0.39 is 9.84 Å². The average molecular weight is 473 g/mol. The number of nitrogens with zero attached hydrogens (tertiary/aromatic N) is 2. The summed E-state index contributed by atoms with van der Waals surface area (Å²) in [6.07, 6.45) is 0.864. The number of thioether (sulfide) groups is 1. The van der Waals surface area contributed by atoms with Gasteiger partial charge in [0.15, 0.2) is 15.0 Å². The number of aliphatic imine (C=N–C) groups is 1. The van der Waals surface area contributed by atoms with Crippen LogP contribution in [0, 0.1) is 0 Å². The number of para-hydroxylation sites is 1. The standard InChI is InChI=1S/C23H28N4O3S2/c1-2-27(19-7-4-3-5-8-19)14-6-13-24-22(28)17-9-11-18(12-10-17)25-23-26-20-15-32(29,30)16-21(20)31-23/h3-5,7-12,20-21H,2,6,13-16H2,1H3,(H,24,28)(H,25,26)/t20-,21-/m0/s1. The smallest absolute Gasteiger partial charge is 0.251 e. The quantitative estimate of drug-likeness (QED) is 0.574. The highest BCUT2D eigenvalue weighted by molar-refractivity contribution is 8.15. The summed E-state index contributed by atoms with van der Waals surface area (Å²) >= 11 is 1.48. The van der Waals surface area contributed by atoms with Gasteiger partial charge in [-0.05, 0) is 49.7 Å². The summed E-state index contributed by atoms with van der Waals surface area (Å²) in [5, 5.41) is 6.97. The maximum atomic E-state index is 12.4. The highest BCUT2D eigenvalue weighted by atomic mass is 32.2. The summed E-state index contributed by atoms with van der Waals surface area (Å²) in [4.78, 5) is 19.2. The molecule has 2 aliphatic heterocycles. The number of anilines is 2. The number of benzene rings is 2. The molecule has 4 rings (SSSR count). The van der Waals surface area contributed by atoms with Crippen molar-refractivity contribution < 1.29 is 13.2 Å². The van der Waals surface area contributed by atoms with Gasteiger partial charge < -0.3 is 15.5 Å². The van der Waals surface area contributed by atoms with Crippen molar-refractivity contribution in [2.24, 2.45) is 4.99 Å². The van der Waals surface area contributed by atoms with E-state index in [1.807, 2.05) is 30.3 Å². The van der Waals surface area contributed by atoms with E-state index in [4.69, 9.17) is 0 Å². The van der Waals surface area contributed by atoms with Crippen molar-refractivity contribution in [3.8, 4) is 0 Å². The summed E-state index contributed by atoms with van der Waals surface area (Å²) in [7, 11) is -2.95. The van der Waals surface area contributed by atoms with Crippen LogP contribution in [0.25, 0.3) is 0 Å². The molecular formula is C23H28N4O3S2. The molecule has 1 amide bonds. The van der Waals surface area contributed by atoms with Crippen molar-refractivity contribution in [2.45, 2.75) is 24.6 Å². The Bertz CT molecular complexity index is 1070. The Kier molecular flexibility index (Phi) is 7.05. The number of carbonyl (C=O) groups excluding carboxylic acids is 1. The monoisotopic (exact) mass is 472 g/mol. The molecule has 170 valence electrons. The van der Waals surface area contributed by atoms with E-state index in [0.29, 0.717) is 12.1 Å². The van der Waals surface area contributed by atoms with Crippen LogP contribution in [0.5, 0.6) is 0 Å². The summed E-state index contributed by atoms with van der Waals surface area (Å²) in [6, 6.07) is 17.4. The minimum Gasteiger partial charge on any atom is -0.372 e. The molecule has 2 aliphatic rings. The Morgan fingerprint density at radius 2 is 1.88 bits per heavy atom. The molecule has 1 saturated heterocycles. The lowest BCUT2D eigenvalue weighted by atomic mass is 10.2. The summed E-state index contributed by atoms with van der Waals surface area (Å²) in [6.45, 7) is 4.55. The van der Waals surface area contributed by atoms with Gasteiger partial charge in [0.1, 0.15) is 0 Å². The van der Waals surface area contributed by atoms with E-state index in [1.54, 1.807) is 12.1 Å². The Morgan fingerprint density at radius 3 is 2.56 bits per heavy atom. The highest BCUT2D eigenvalue weighted by Crippen LogP contribution is 2.34. The lowest BCUT2D eigenvalue weighted by Crippen LogP contribution is -2.29.